The molecule has 0 heterocycles. The number of aryl methyl sites for hydroxylation is 1. The third kappa shape index (κ3) is 8.18. The fourth-order valence-corrected chi connectivity index (χ4v) is 4.84. The lowest BCUT2D eigenvalue weighted by atomic mass is 10.1. The maximum absolute atomic E-state index is 12.2. The van der Waals surface area contributed by atoms with E-state index in [1.54, 1.807) is 30.0 Å². The molecule has 0 aliphatic heterocycles. The van der Waals surface area contributed by atoms with Crippen molar-refractivity contribution in [2.75, 3.05) is 25.1 Å². The Kier molecular flexibility index (Phi) is 9.30. The van der Waals surface area contributed by atoms with E-state index >= 15 is 0 Å². The Morgan fingerprint density at radius 2 is 1.72 bits per heavy atom. The Balaban J connectivity index is 1.80. The Bertz CT molecular complexity index is 915. The first kappa shape index (κ1) is 24.0. The lowest BCUT2D eigenvalue weighted by Crippen LogP contribution is -2.40. The predicted octanol–water partition coefficient (Wildman–Crippen LogP) is 4.11. The minimum atomic E-state index is -3.51. The van der Waals surface area contributed by atoms with Crippen molar-refractivity contribution in [3.05, 3.63) is 69.2 Å². The number of rotatable bonds is 10. The number of hydrogen-bond acceptors (Lipinski definition) is 4. The number of thioether (sulfide) groups is 1. The molecule has 2 aromatic carbocycles. The van der Waals surface area contributed by atoms with Crippen molar-refractivity contribution < 1.29 is 13.2 Å². The van der Waals surface area contributed by atoms with Gasteiger partial charge in [-0.15, -0.1) is 0 Å². The van der Waals surface area contributed by atoms with E-state index in [9.17, 15) is 13.2 Å². The van der Waals surface area contributed by atoms with Crippen LogP contribution in [-0.4, -0.2) is 43.7 Å². The summed E-state index contributed by atoms with van der Waals surface area (Å²) in [7, 11) is -3.51. The number of carbonyl (C=O) groups excluding carboxylic acids is 1. The first-order valence-corrected chi connectivity index (χ1v) is 12.7. The van der Waals surface area contributed by atoms with Gasteiger partial charge < -0.3 is 5.32 Å². The van der Waals surface area contributed by atoms with Gasteiger partial charge in [-0.3, -0.25) is 4.79 Å². The van der Waals surface area contributed by atoms with E-state index < -0.39 is 10.0 Å². The summed E-state index contributed by atoms with van der Waals surface area (Å²) in [6.45, 7) is 2.33. The number of hydrogen-bond donors (Lipinski definition) is 1. The summed E-state index contributed by atoms with van der Waals surface area (Å²) in [4.78, 5) is 12.2. The van der Waals surface area contributed by atoms with Gasteiger partial charge in [0, 0.05) is 34.6 Å². The smallest absolute Gasteiger partial charge is 0.235 e. The molecule has 0 spiro atoms. The molecule has 0 unspecified atom stereocenters. The van der Waals surface area contributed by atoms with Crippen molar-refractivity contribution in [3.63, 3.8) is 0 Å². The number of nitrogens with one attached hydrogen (secondary N) is 1. The maximum atomic E-state index is 12.2. The molecule has 158 valence electrons. The molecule has 2 aromatic rings. The van der Waals surface area contributed by atoms with Gasteiger partial charge in [0.1, 0.15) is 0 Å². The molecule has 0 saturated heterocycles. The molecular formula is C20H24Cl2N2O3S2. The largest absolute Gasteiger partial charge is 0.354 e. The van der Waals surface area contributed by atoms with Crippen LogP contribution in [0, 0.1) is 6.92 Å². The Labute approximate surface area is 186 Å². The molecule has 9 heteroatoms. The highest BCUT2D eigenvalue weighted by Crippen LogP contribution is 2.27. The Morgan fingerprint density at radius 1 is 1.10 bits per heavy atom. The zero-order valence-corrected chi connectivity index (χ0v) is 19.5. The van der Waals surface area contributed by atoms with Crippen LogP contribution in [0.1, 0.15) is 16.7 Å². The Hall–Kier alpha value is -1.25. The summed E-state index contributed by atoms with van der Waals surface area (Å²) in [6.07, 6.45) is 1.11. The quantitative estimate of drug-likeness (QED) is 0.526. The van der Waals surface area contributed by atoms with Gasteiger partial charge in [-0.05, 0) is 30.2 Å². The van der Waals surface area contributed by atoms with Crippen LogP contribution < -0.4 is 5.32 Å². The van der Waals surface area contributed by atoms with E-state index in [2.05, 4.69) is 5.32 Å². The van der Waals surface area contributed by atoms with E-state index in [1.807, 2.05) is 31.2 Å². The molecule has 0 atom stereocenters. The number of sulfonamides is 1. The molecular weight excluding hydrogens is 451 g/mol. The van der Waals surface area contributed by atoms with Crippen molar-refractivity contribution in [2.45, 2.75) is 19.2 Å². The van der Waals surface area contributed by atoms with Crippen molar-refractivity contribution in [1.29, 1.82) is 0 Å². The van der Waals surface area contributed by atoms with E-state index in [0.717, 1.165) is 22.9 Å². The van der Waals surface area contributed by atoms with Crippen LogP contribution in [0.2, 0.25) is 10.0 Å². The highest BCUT2D eigenvalue weighted by atomic mass is 35.5. The standard InChI is InChI=1S/C20H24Cl2N2O3S2/c1-15-6-8-16(9-7-15)12-24(29(2,26)27)13-20(25)23-10-11-28-14-17-18(21)4-3-5-19(17)22/h3-9H,10-14H2,1-2H3,(H,23,25). The van der Waals surface area contributed by atoms with Crippen LogP contribution in [0.25, 0.3) is 0 Å². The molecule has 2 rings (SSSR count). The highest BCUT2D eigenvalue weighted by molar-refractivity contribution is 7.98. The molecule has 0 aliphatic carbocycles. The van der Waals surface area contributed by atoms with E-state index in [4.69, 9.17) is 23.2 Å². The number of amides is 1. The first-order valence-electron chi connectivity index (χ1n) is 8.95. The number of carbonyl (C=O) groups is 1. The van der Waals surface area contributed by atoms with Crippen LogP contribution in [0.4, 0.5) is 0 Å². The molecule has 0 fully saturated rings. The molecule has 1 amide bonds. The van der Waals surface area contributed by atoms with Crippen molar-refractivity contribution in [1.82, 2.24) is 9.62 Å². The summed E-state index contributed by atoms with van der Waals surface area (Å²) in [5.74, 6) is 0.959. The zero-order chi connectivity index (χ0) is 21.4. The van der Waals surface area contributed by atoms with Gasteiger partial charge in [0.25, 0.3) is 0 Å². The van der Waals surface area contributed by atoms with Crippen molar-refractivity contribution in [2.24, 2.45) is 0 Å². The number of nitrogens with zero attached hydrogens (tertiary/aromatic N) is 1. The third-order valence-electron chi connectivity index (χ3n) is 4.15. The average Bonchev–Trinajstić information content (AvgIpc) is 2.64. The lowest BCUT2D eigenvalue weighted by Gasteiger charge is -2.19. The normalized spacial score (nSPS) is 11.6. The average molecular weight is 475 g/mol. The SMILES string of the molecule is Cc1ccc(CN(CC(=O)NCCSCc2c(Cl)cccc2Cl)S(C)(=O)=O)cc1. The number of benzene rings is 2. The van der Waals surface area contributed by atoms with Crippen molar-refractivity contribution >= 4 is 50.9 Å². The molecule has 0 radical (unpaired) electrons. The highest BCUT2D eigenvalue weighted by Gasteiger charge is 2.20. The molecule has 1 N–H and O–H groups in total. The Morgan fingerprint density at radius 3 is 2.31 bits per heavy atom. The predicted molar refractivity (Wildman–Crippen MR) is 122 cm³/mol. The van der Waals surface area contributed by atoms with Gasteiger partial charge >= 0.3 is 0 Å². The maximum Gasteiger partial charge on any atom is 0.235 e. The zero-order valence-electron chi connectivity index (χ0n) is 16.3. The number of halogens is 2. The van der Waals surface area contributed by atoms with Gasteiger partial charge in [-0.2, -0.15) is 16.1 Å². The topological polar surface area (TPSA) is 66.5 Å². The van der Waals surface area contributed by atoms with Crippen LogP contribution in [0.3, 0.4) is 0 Å². The molecule has 5 nitrogen and oxygen atoms in total. The van der Waals surface area contributed by atoms with Crippen LogP contribution in [0.5, 0.6) is 0 Å². The molecule has 0 aromatic heterocycles. The van der Waals surface area contributed by atoms with Gasteiger partial charge in [0.05, 0.1) is 12.8 Å². The minimum Gasteiger partial charge on any atom is -0.354 e. The second-order valence-corrected chi connectivity index (χ2v) is 10.5. The van der Waals surface area contributed by atoms with Gasteiger partial charge in [-0.25, -0.2) is 8.42 Å². The van der Waals surface area contributed by atoms with Crippen LogP contribution >= 0.6 is 35.0 Å². The molecule has 29 heavy (non-hydrogen) atoms. The summed E-state index contributed by atoms with van der Waals surface area (Å²) in [5.41, 5.74) is 2.79. The lowest BCUT2D eigenvalue weighted by molar-refractivity contribution is -0.121. The second-order valence-electron chi connectivity index (χ2n) is 6.62. The van der Waals surface area contributed by atoms with Crippen molar-refractivity contribution in [3.8, 4) is 0 Å². The summed E-state index contributed by atoms with van der Waals surface area (Å²) >= 11 is 13.9. The fourth-order valence-electron chi connectivity index (χ4n) is 2.51. The van der Waals surface area contributed by atoms with Gasteiger partial charge in [0.15, 0.2) is 0 Å². The van der Waals surface area contributed by atoms with Gasteiger partial charge in [0.2, 0.25) is 15.9 Å². The van der Waals surface area contributed by atoms with E-state index in [1.165, 1.54) is 4.31 Å². The monoisotopic (exact) mass is 474 g/mol. The second kappa shape index (κ2) is 11.2. The summed E-state index contributed by atoms with van der Waals surface area (Å²) in [5, 5.41) is 4.00. The van der Waals surface area contributed by atoms with E-state index in [-0.39, 0.29) is 19.0 Å². The molecule has 0 aliphatic rings. The fraction of sp³-hybridized carbons (Fsp3) is 0.350. The first-order chi connectivity index (χ1) is 13.7. The minimum absolute atomic E-state index is 0.159. The van der Waals surface area contributed by atoms with E-state index in [0.29, 0.717) is 28.1 Å². The third-order valence-corrected chi connectivity index (χ3v) is 7.04. The summed E-state index contributed by atoms with van der Waals surface area (Å²) < 4.78 is 25.3. The summed E-state index contributed by atoms with van der Waals surface area (Å²) in [6, 6.07) is 12.9. The molecule has 0 saturated carbocycles. The van der Waals surface area contributed by atoms with Gasteiger partial charge in [-0.1, -0.05) is 59.1 Å². The van der Waals surface area contributed by atoms with Crippen LogP contribution in [-0.2, 0) is 27.1 Å². The van der Waals surface area contributed by atoms with Crippen LogP contribution in [0.15, 0.2) is 42.5 Å². The molecule has 0 bridgehead atoms.